The predicted octanol–water partition coefficient (Wildman–Crippen LogP) is 1.83. The number of fused-ring (bicyclic) bond motifs is 2. The molecule has 3 unspecified atom stereocenters. The van der Waals surface area contributed by atoms with Gasteiger partial charge in [0.05, 0.1) is 0 Å². The number of nitrogens with zero attached hydrogens (tertiary/aromatic N) is 2. The number of hydrogen-bond acceptors (Lipinski definition) is 3. The summed E-state index contributed by atoms with van der Waals surface area (Å²) in [5, 5.41) is 3.70. The van der Waals surface area contributed by atoms with Crippen LogP contribution < -0.4 is 5.32 Å². The highest BCUT2D eigenvalue weighted by Gasteiger charge is 2.44. The van der Waals surface area contributed by atoms with Crippen LogP contribution in [0.25, 0.3) is 0 Å². The molecule has 0 aromatic heterocycles. The molecule has 3 heteroatoms. The van der Waals surface area contributed by atoms with Crippen LogP contribution in [0, 0.1) is 0 Å². The fourth-order valence-electron chi connectivity index (χ4n) is 4.82. The molecule has 108 valence electrons. The van der Waals surface area contributed by atoms with E-state index < -0.39 is 0 Å². The minimum absolute atomic E-state index is 0.790. The van der Waals surface area contributed by atoms with Crippen molar-refractivity contribution in [3.63, 3.8) is 0 Å². The van der Waals surface area contributed by atoms with Gasteiger partial charge in [-0.05, 0) is 65.0 Å². The average molecular weight is 263 g/mol. The lowest BCUT2D eigenvalue weighted by Crippen LogP contribution is -2.52. The molecule has 4 fully saturated rings. The summed E-state index contributed by atoms with van der Waals surface area (Å²) < 4.78 is 0. The highest BCUT2D eigenvalue weighted by Crippen LogP contribution is 2.40. The lowest BCUT2D eigenvalue weighted by atomic mass is 9.95. The van der Waals surface area contributed by atoms with Crippen molar-refractivity contribution in [2.24, 2.45) is 0 Å². The largest absolute Gasteiger partial charge is 0.313 e. The molecule has 0 spiro atoms. The first kappa shape index (κ1) is 12.6. The summed E-state index contributed by atoms with van der Waals surface area (Å²) in [6.45, 7) is 2.58. The van der Waals surface area contributed by atoms with Crippen molar-refractivity contribution in [2.45, 2.75) is 81.6 Å². The summed E-state index contributed by atoms with van der Waals surface area (Å²) in [5.74, 6) is 0. The second-order valence-corrected chi connectivity index (χ2v) is 7.40. The molecular weight excluding hydrogens is 234 g/mol. The van der Waals surface area contributed by atoms with E-state index in [-0.39, 0.29) is 0 Å². The Labute approximate surface area is 117 Å². The Balaban J connectivity index is 1.43. The summed E-state index contributed by atoms with van der Waals surface area (Å²) >= 11 is 0. The van der Waals surface area contributed by atoms with Gasteiger partial charge < -0.3 is 10.2 Å². The first-order valence-corrected chi connectivity index (χ1v) is 8.52. The summed E-state index contributed by atoms with van der Waals surface area (Å²) in [5.41, 5.74) is 0. The molecule has 1 saturated carbocycles. The van der Waals surface area contributed by atoms with Crippen LogP contribution in [0.15, 0.2) is 0 Å². The number of hydrogen-bond donors (Lipinski definition) is 1. The van der Waals surface area contributed by atoms with Gasteiger partial charge in [-0.15, -0.1) is 0 Å². The van der Waals surface area contributed by atoms with Crippen LogP contribution in [0.4, 0.5) is 0 Å². The molecule has 3 atom stereocenters. The van der Waals surface area contributed by atoms with Crippen molar-refractivity contribution in [1.29, 1.82) is 0 Å². The van der Waals surface area contributed by atoms with E-state index in [1.54, 1.807) is 0 Å². The molecule has 3 nitrogen and oxygen atoms in total. The van der Waals surface area contributed by atoms with Crippen molar-refractivity contribution in [1.82, 2.24) is 15.1 Å². The average Bonchev–Trinajstić information content (AvgIpc) is 3.10. The Morgan fingerprint density at radius 3 is 2.32 bits per heavy atom. The highest BCUT2D eigenvalue weighted by atomic mass is 15.3. The number of rotatable bonds is 4. The van der Waals surface area contributed by atoms with E-state index in [9.17, 15) is 0 Å². The monoisotopic (exact) mass is 263 g/mol. The van der Waals surface area contributed by atoms with Gasteiger partial charge in [0, 0.05) is 36.8 Å². The zero-order valence-electron chi connectivity index (χ0n) is 12.4. The van der Waals surface area contributed by atoms with Crippen LogP contribution in [-0.2, 0) is 0 Å². The molecule has 0 aromatic carbocycles. The molecule has 0 amide bonds. The van der Waals surface area contributed by atoms with Gasteiger partial charge in [0.1, 0.15) is 0 Å². The minimum Gasteiger partial charge on any atom is -0.313 e. The summed E-state index contributed by atoms with van der Waals surface area (Å²) in [4.78, 5) is 5.59. The third-order valence-corrected chi connectivity index (χ3v) is 6.15. The fourth-order valence-corrected chi connectivity index (χ4v) is 4.82. The van der Waals surface area contributed by atoms with E-state index in [1.807, 2.05) is 0 Å². The molecule has 4 aliphatic rings. The van der Waals surface area contributed by atoms with Gasteiger partial charge in [0.2, 0.25) is 0 Å². The van der Waals surface area contributed by atoms with Crippen LogP contribution in [0.1, 0.15) is 51.4 Å². The fraction of sp³-hybridized carbons (Fsp3) is 1.00. The van der Waals surface area contributed by atoms with Crippen molar-refractivity contribution in [2.75, 3.05) is 20.1 Å². The van der Waals surface area contributed by atoms with E-state index in [4.69, 9.17) is 0 Å². The molecule has 2 bridgehead atoms. The lowest BCUT2D eigenvalue weighted by molar-refractivity contribution is 0.0653. The normalized spacial score (nSPS) is 43.3. The first-order valence-electron chi connectivity index (χ1n) is 8.52. The quantitative estimate of drug-likeness (QED) is 0.835. The Kier molecular flexibility index (Phi) is 3.33. The van der Waals surface area contributed by atoms with Gasteiger partial charge in [0.15, 0.2) is 0 Å². The molecule has 3 saturated heterocycles. The molecule has 0 aromatic rings. The molecule has 3 heterocycles. The first-order chi connectivity index (χ1) is 9.31. The van der Waals surface area contributed by atoms with Gasteiger partial charge in [-0.1, -0.05) is 0 Å². The summed E-state index contributed by atoms with van der Waals surface area (Å²) in [6.07, 6.45) is 11.5. The third kappa shape index (κ3) is 2.45. The molecule has 3 aliphatic heterocycles. The molecule has 1 aliphatic carbocycles. The van der Waals surface area contributed by atoms with Gasteiger partial charge in [-0.25, -0.2) is 0 Å². The minimum atomic E-state index is 0.790. The second-order valence-electron chi connectivity index (χ2n) is 7.40. The van der Waals surface area contributed by atoms with Crippen LogP contribution in [0.3, 0.4) is 0 Å². The van der Waals surface area contributed by atoms with Crippen molar-refractivity contribution in [3.8, 4) is 0 Å². The van der Waals surface area contributed by atoms with Crippen LogP contribution in [-0.4, -0.2) is 60.1 Å². The van der Waals surface area contributed by atoms with E-state index >= 15 is 0 Å². The van der Waals surface area contributed by atoms with E-state index in [0.717, 1.165) is 30.2 Å². The SMILES string of the molecule is CN1C2CCC1CC(N(CC1CCCN1)C1CC1)C2. The van der Waals surface area contributed by atoms with Crippen LogP contribution >= 0.6 is 0 Å². The third-order valence-electron chi connectivity index (χ3n) is 6.15. The van der Waals surface area contributed by atoms with Gasteiger partial charge in [-0.3, -0.25) is 4.90 Å². The Morgan fingerprint density at radius 2 is 1.74 bits per heavy atom. The molecule has 19 heavy (non-hydrogen) atoms. The van der Waals surface area contributed by atoms with Gasteiger partial charge in [-0.2, -0.15) is 0 Å². The Hall–Kier alpha value is -0.120. The standard InChI is InChI=1S/C16H29N3/c1-18-14-6-7-15(18)10-16(9-14)19(13-4-5-13)11-12-3-2-8-17-12/h12-17H,2-11H2,1H3. The maximum atomic E-state index is 3.70. The van der Waals surface area contributed by atoms with Gasteiger partial charge in [0.25, 0.3) is 0 Å². The van der Waals surface area contributed by atoms with E-state index in [0.29, 0.717) is 0 Å². The highest BCUT2D eigenvalue weighted by molar-refractivity contribution is 5.00. The van der Waals surface area contributed by atoms with E-state index in [2.05, 4.69) is 22.2 Å². The number of nitrogens with one attached hydrogen (secondary N) is 1. The summed E-state index contributed by atoms with van der Waals surface area (Å²) in [6, 6.07) is 4.40. The predicted molar refractivity (Wildman–Crippen MR) is 78.3 cm³/mol. The van der Waals surface area contributed by atoms with E-state index in [1.165, 1.54) is 64.5 Å². The van der Waals surface area contributed by atoms with Gasteiger partial charge >= 0.3 is 0 Å². The van der Waals surface area contributed by atoms with Crippen molar-refractivity contribution < 1.29 is 0 Å². The maximum Gasteiger partial charge on any atom is 0.0195 e. The molecule has 0 radical (unpaired) electrons. The van der Waals surface area contributed by atoms with Crippen LogP contribution in [0.5, 0.6) is 0 Å². The van der Waals surface area contributed by atoms with Crippen molar-refractivity contribution in [3.05, 3.63) is 0 Å². The smallest absolute Gasteiger partial charge is 0.0195 e. The van der Waals surface area contributed by atoms with Crippen molar-refractivity contribution >= 4 is 0 Å². The zero-order valence-corrected chi connectivity index (χ0v) is 12.4. The topological polar surface area (TPSA) is 18.5 Å². The Morgan fingerprint density at radius 1 is 1.00 bits per heavy atom. The zero-order chi connectivity index (χ0) is 12.8. The Bertz CT molecular complexity index is 308. The maximum absolute atomic E-state index is 3.70. The number of piperidine rings is 1. The second kappa shape index (κ2) is 5.01. The van der Waals surface area contributed by atoms with Crippen LogP contribution in [0.2, 0.25) is 0 Å². The molecule has 1 N–H and O–H groups in total. The summed E-state index contributed by atoms with van der Waals surface area (Å²) in [7, 11) is 2.36. The lowest BCUT2D eigenvalue weighted by Gasteiger charge is -2.42. The molecular formula is C16H29N3. The molecule has 4 rings (SSSR count).